The quantitative estimate of drug-likeness (QED) is 0.689. The lowest BCUT2D eigenvalue weighted by atomic mass is 10.1. The van der Waals surface area contributed by atoms with Crippen molar-refractivity contribution < 1.29 is 9.21 Å². The second kappa shape index (κ2) is 8.12. The van der Waals surface area contributed by atoms with E-state index in [2.05, 4.69) is 46.6 Å². The number of amides is 1. The van der Waals surface area contributed by atoms with Gasteiger partial charge in [-0.3, -0.25) is 4.79 Å². The summed E-state index contributed by atoms with van der Waals surface area (Å²) >= 11 is 0. The molecule has 1 aliphatic rings. The van der Waals surface area contributed by atoms with E-state index >= 15 is 0 Å². The van der Waals surface area contributed by atoms with Gasteiger partial charge in [0, 0.05) is 25.2 Å². The van der Waals surface area contributed by atoms with Gasteiger partial charge < -0.3 is 14.6 Å². The topological polar surface area (TPSA) is 45.5 Å². The lowest BCUT2D eigenvalue weighted by Gasteiger charge is -2.29. The van der Waals surface area contributed by atoms with Gasteiger partial charge >= 0.3 is 0 Å². The van der Waals surface area contributed by atoms with Gasteiger partial charge in [-0.2, -0.15) is 0 Å². The summed E-state index contributed by atoms with van der Waals surface area (Å²) < 4.78 is 5.69. The number of para-hydroxylation sites is 1. The van der Waals surface area contributed by atoms with Crippen LogP contribution in [0, 0.1) is 0 Å². The van der Waals surface area contributed by atoms with Crippen molar-refractivity contribution in [1.82, 2.24) is 5.32 Å². The summed E-state index contributed by atoms with van der Waals surface area (Å²) in [5.74, 6) is 0.956. The van der Waals surface area contributed by atoms with E-state index < -0.39 is 0 Å². The van der Waals surface area contributed by atoms with Crippen LogP contribution in [0.4, 0.5) is 5.69 Å². The Labute approximate surface area is 159 Å². The maximum atomic E-state index is 12.4. The summed E-state index contributed by atoms with van der Waals surface area (Å²) in [4.78, 5) is 14.7. The van der Waals surface area contributed by atoms with Crippen LogP contribution in [-0.4, -0.2) is 19.0 Å². The molecule has 0 saturated carbocycles. The van der Waals surface area contributed by atoms with Crippen molar-refractivity contribution in [3.05, 3.63) is 89.9 Å². The summed E-state index contributed by atoms with van der Waals surface area (Å²) in [5.41, 5.74) is 3.77. The Morgan fingerprint density at radius 1 is 1.04 bits per heavy atom. The number of hydrogen-bond acceptors (Lipinski definition) is 3. The highest BCUT2D eigenvalue weighted by molar-refractivity contribution is 5.76. The number of anilines is 1. The molecule has 1 aliphatic heterocycles. The van der Waals surface area contributed by atoms with Gasteiger partial charge in [-0.1, -0.05) is 48.5 Å². The predicted molar refractivity (Wildman–Crippen MR) is 107 cm³/mol. The largest absolute Gasteiger partial charge is 0.467 e. The van der Waals surface area contributed by atoms with E-state index in [9.17, 15) is 4.79 Å². The minimum absolute atomic E-state index is 0.00400. The first-order chi connectivity index (χ1) is 13.3. The van der Waals surface area contributed by atoms with Gasteiger partial charge in [-0.25, -0.2) is 0 Å². The number of nitrogens with one attached hydrogen (secondary N) is 1. The monoisotopic (exact) mass is 360 g/mol. The molecule has 0 aliphatic carbocycles. The summed E-state index contributed by atoms with van der Waals surface area (Å²) in [5, 5.41) is 3.11. The van der Waals surface area contributed by atoms with Gasteiger partial charge in [-0.05, 0) is 42.2 Å². The molecule has 2 heterocycles. The summed E-state index contributed by atoms with van der Waals surface area (Å²) in [7, 11) is 0. The van der Waals surface area contributed by atoms with E-state index in [1.165, 1.54) is 16.8 Å². The van der Waals surface area contributed by atoms with Crippen molar-refractivity contribution in [1.29, 1.82) is 0 Å². The molecule has 0 bridgehead atoms. The molecular weight excluding hydrogens is 336 g/mol. The molecule has 4 rings (SSSR count). The van der Waals surface area contributed by atoms with Crippen LogP contribution in [0.25, 0.3) is 0 Å². The van der Waals surface area contributed by atoms with Crippen LogP contribution < -0.4 is 10.2 Å². The average molecular weight is 360 g/mol. The van der Waals surface area contributed by atoms with Crippen LogP contribution in [-0.2, 0) is 17.6 Å². The first kappa shape index (κ1) is 17.4. The third-order valence-electron chi connectivity index (χ3n) is 5.15. The fraction of sp³-hybridized carbons (Fsp3) is 0.261. The van der Waals surface area contributed by atoms with Crippen LogP contribution >= 0.6 is 0 Å². The van der Waals surface area contributed by atoms with Crippen molar-refractivity contribution in [2.75, 3.05) is 18.0 Å². The predicted octanol–water partition coefficient (Wildman–Crippen LogP) is 4.13. The Balaban J connectivity index is 1.41. The highest BCUT2D eigenvalue weighted by Crippen LogP contribution is 2.34. The number of nitrogens with zero attached hydrogens (tertiary/aromatic N) is 1. The Hall–Kier alpha value is -3.01. The van der Waals surface area contributed by atoms with Crippen LogP contribution in [0.5, 0.6) is 0 Å². The van der Waals surface area contributed by atoms with Crippen molar-refractivity contribution in [3.8, 4) is 0 Å². The molecule has 0 radical (unpaired) electrons. The minimum Gasteiger partial charge on any atom is -0.467 e. The molecule has 0 saturated heterocycles. The molecule has 1 aromatic heterocycles. The normalized spacial score (nSPS) is 14.0. The number of carbonyl (C=O) groups excluding carboxylic acids is 1. The Morgan fingerprint density at radius 3 is 2.67 bits per heavy atom. The fourth-order valence-corrected chi connectivity index (χ4v) is 3.73. The van der Waals surface area contributed by atoms with Crippen LogP contribution in [0.2, 0.25) is 0 Å². The van der Waals surface area contributed by atoms with Gasteiger partial charge in [0.2, 0.25) is 5.91 Å². The lowest BCUT2D eigenvalue weighted by Crippen LogP contribution is -2.37. The third-order valence-corrected chi connectivity index (χ3v) is 5.15. The number of rotatable bonds is 7. The summed E-state index contributed by atoms with van der Waals surface area (Å²) in [6.07, 6.45) is 3.97. The van der Waals surface area contributed by atoms with Crippen LogP contribution in [0.3, 0.4) is 0 Å². The fourth-order valence-electron chi connectivity index (χ4n) is 3.73. The van der Waals surface area contributed by atoms with Crippen molar-refractivity contribution in [3.63, 3.8) is 0 Å². The SMILES string of the molecule is O=C(CCc1ccccc1)NC[C@H](c1ccco1)N1CCc2ccccc21. The Kier molecular flexibility index (Phi) is 5.24. The molecule has 0 spiro atoms. The molecule has 4 nitrogen and oxygen atoms in total. The van der Waals surface area contributed by atoms with E-state index in [0.717, 1.165) is 25.1 Å². The van der Waals surface area contributed by atoms with E-state index in [4.69, 9.17) is 4.42 Å². The highest BCUT2D eigenvalue weighted by Gasteiger charge is 2.28. The Morgan fingerprint density at radius 2 is 1.85 bits per heavy atom. The number of hydrogen-bond donors (Lipinski definition) is 1. The molecule has 4 heteroatoms. The van der Waals surface area contributed by atoms with Gasteiger partial charge in [-0.15, -0.1) is 0 Å². The molecule has 1 atom stereocenters. The van der Waals surface area contributed by atoms with Gasteiger partial charge in [0.1, 0.15) is 11.8 Å². The second-order valence-electron chi connectivity index (χ2n) is 6.89. The molecule has 0 unspecified atom stereocenters. The zero-order chi connectivity index (χ0) is 18.5. The standard InChI is InChI=1S/C23H24N2O2/c26-23(13-12-18-7-2-1-3-8-18)24-17-21(22-11-6-16-27-22)25-15-14-19-9-4-5-10-20(19)25/h1-11,16,21H,12-15,17H2,(H,24,26)/t21-/m1/s1. The average Bonchev–Trinajstić information content (AvgIpc) is 3.38. The molecular formula is C23H24N2O2. The van der Waals surface area contributed by atoms with Gasteiger partial charge in [0.15, 0.2) is 0 Å². The zero-order valence-electron chi connectivity index (χ0n) is 15.3. The number of carbonyl (C=O) groups is 1. The molecule has 0 fully saturated rings. The van der Waals surface area contributed by atoms with Crippen LogP contribution in [0.15, 0.2) is 77.4 Å². The number of benzene rings is 2. The van der Waals surface area contributed by atoms with Gasteiger partial charge in [0.05, 0.1) is 6.26 Å². The van der Waals surface area contributed by atoms with Crippen molar-refractivity contribution in [2.24, 2.45) is 0 Å². The lowest BCUT2D eigenvalue weighted by molar-refractivity contribution is -0.121. The molecule has 3 aromatic rings. The third kappa shape index (κ3) is 4.05. The highest BCUT2D eigenvalue weighted by atomic mass is 16.3. The number of aryl methyl sites for hydroxylation is 1. The second-order valence-corrected chi connectivity index (χ2v) is 6.89. The van der Waals surface area contributed by atoms with E-state index in [1.54, 1.807) is 6.26 Å². The summed E-state index contributed by atoms with van der Waals surface area (Å²) in [6.45, 7) is 1.47. The Bertz CT molecular complexity index is 874. The number of furan rings is 1. The molecule has 1 N–H and O–H groups in total. The van der Waals surface area contributed by atoms with Crippen molar-refractivity contribution >= 4 is 11.6 Å². The summed E-state index contributed by atoms with van der Waals surface area (Å²) in [6, 6.07) is 22.5. The number of fused-ring (bicyclic) bond motifs is 1. The smallest absolute Gasteiger partial charge is 0.220 e. The van der Waals surface area contributed by atoms with E-state index in [1.807, 2.05) is 30.3 Å². The first-order valence-electron chi connectivity index (χ1n) is 9.50. The molecule has 138 valence electrons. The maximum Gasteiger partial charge on any atom is 0.220 e. The minimum atomic E-state index is 0.00400. The van der Waals surface area contributed by atoms with Crippen molar-refractivity contribution in [2.45, 2.75) is 25.3 Å². The zero-order valence-corrected chi connectivity index (χ0v) is 15.3. The maximum absolute atomic E-state index is 12.4. The molecule has 27 heavy (non-hydrogen) atoms. The van der Waals surface area contributed by atoms with E-state index in [0.29, 0.717) is 13.0 Å². The molecule has 2 aromatic carbocycles. The van der Waals surface area contributed by atoms with Gasteiger partial charge in [0.25, 0.3) is 0 Å². The van der Waals surface area contributed by atoms with E-state index in [-0.39, 0.29) is 11.9 Å². The first-order valence-corrected chi connectivity index (χ1v) is 9.50. The van der Waals surface area contributed by atoms with Crippen LogP contribution in [0.1, 0.15) is 29.3 Å². The molecule has 1 amide bonds.